The highest BCUT2D eigenvalue weighted by Crippen LogP contribution is 2.24. The monoisotopic (exact) mass is 373 g/mol. The number of hydrogen-bond donors (Lipinski definition) is 1. The van der Waals surface area contributed by atoms with Crippen LogP contribution in [0.4, 0.5) is 0 Å². The Labute approximate surface area is 150 Å². The van der Waals surface area contributed by atoms with Crippen molar-refractivity contribution in [3.05, 3.63) is 42.4 Å². The van der Waals surface area contributed by atoms with Crippen molar-refractivity contribution in [1.82, 2.24) is 24.6 Å². The van der Waals surface area contributed by atoms with Gasteiger partial charge < -0.3 is 14.5 Å². The van der Waals surface area contributed by atoms with E-state index in [1.807, 2.05) is 30.3 Å². The van der Waals surface area contributed by atoms with Crippen molar-refractivity contribution < 1.29 is 13.2 Å². The molecule has 26 heavy (non-hydrogen) atoms. The second-order valence-corrected chi connectivity index (χ2v) is 8.65. The van der Waals surface area contributed by atoms with Gasteiger partial charge in [-0.2, -0.15) is 0 Å². The number of aryl methyl sites for hydroxylation is 1. The standard InChI is InChI=1S/C17H19N5O3S/c1-21-11-18-20-17(21)26(24,25)13-6-8-22(9-7-13)16(23)15-10-12-4-2-3-5-14(12)19-15/h2-5,10-11,13,19H,6-9H2,1H3. The molecule has 0 spiro atoms. The molecule has 1 aliphatic heterocycles. The molecule has 9 heteroatoms. The fraction of sp³-hybridized carbons (Fsp3) is 0.353. The van der Waals surface area contributed by atoms with Gasteiger partial charge in [-0.3, -0.25) is 4.79 Å². The maximum absolute atomic E-state index is 12.7. The van der Waals surface area contributed by atoms with Crippen molar-refractivity contribution in [3.63, 3.8) is 0 Å². The van der Waals surface area contributed by atoms with Crippen molar-refractivity contribution in [2.75, 3.05) is 13.1 Å². The SMILES string of the molecule is Cn1cnnc1S(=O)(=O)C1CCN(C(=O)c2cc3ccccc3[nH]2)CC1. The predicted molar refractivity (Wildman–Crippen MR) is 95.4 cm³/mol. The molecule has 3 aromatic rings. The van der Waals surface area contributed by atoms with Crippen LogP contribution in [0.2, 0.25) is 0 Å². The summed E-state index contributed by atoms with van der Waals surface area (Å²) in [6.45, 7) is 0.798. The quantitative estimate of drug-likeness (QED) is 0.747. The van der Waals surface area contributed by atoms with Crippen LogP contribution in [0.5, 0.6) is 0 Å². The van der Waals surface area contributed by atoms with Crippen LogP contribution in [0.15, 0.2) is 41.8 Å². The number of carbonyl (C=O) groups excluding carboxylic acids is 1. The number of para-hydroxylation sites is 1. The van der Waals surface area contributed by atoms with Gasteiger partial charge in [-0.1, -0.05) is 18.2 Å². The average molecular weight is 373 g/mol. The smallest absolute Gasteiger partial charge is 0.270 e. The Morgan fingerprint density at radius 3 is 2.62 bits per heavy atom. The first kappa shape index (κ1) is 16.8. The van der Waals surface area contributed by atoms with E-state index in [4.69, 9.17) is 0 Å². The zero-order chi connectivity index (χ0) is 18.3. The molecule has 136 valence electrons. The lowest BCUT2D eigenvalue weighted by Gasteiger charge is -2.31. The molecule has 2 aromatic heterocycles. The average Bonchev–Trinajstić information content (AvgIpc) is 3.27. The van der Waals surface area contributed by atoms with Gasteiger partial charge in [0, 0.05) is 31.0 Å². The zero-order valence-corrected chi connectivity index (χ0v) is 15.1. The van der Waals surface area contributed by atoms with Crippen LogP contribution in [0.25, 0.3) is 10.9 Å². The van der Waals surface area contributed by atoms with Crippen LogP contribution in [0, 0.1) is 0 Å². The van der Waals surface area contributed by atoms with Gasteiger partial charge in [-0.05, 0) is 25.0 Å². The minimum Gasteiger partial charge on any atom is -0.351 e. The van der Waals surface area contributed by atoms with Gasteiger partial charge in [0.15, 0.2) is 0 Å². The molecular weight excluding hydrogens is 354 g/mol. The van der Waals surface area contributed by atoms with E-state index in [1.165, 1.54) is 10.9 Å². The molecule has 1 amide bonds. The highest BCUT2D eigenvalue weighted by atomic mass is 32.2. The molecule has 0 unspecified atom stereocenters. The molecule has 1 aliphatic rings. The maximum atomic E-state index is 12.7. The summed E-state index contributed by atoms with van der Waals surface area (Å²) in [6.07, 6.45) is 2.16. The number of hydrogen-bond acceptors (Lipinski definition) is 5. The molecule has 4 rings (SSSR count). The van der Waals surface area contributed by atoms with E-state index in [-0.39, 0.29) is 11.1 Å². The summed E-state index contributed by atoms with van der Waals surface area (Å²) in [5.74, 6) is -0.101. The van der Waals surface area contributed by atoms with Crippen molar-refractivity contribution in [3.8, 4) is 0 Å². The Morgan fingerprint density at radius 2 is 1.96 bits per heavy atom. The summed E-state index contributed by atoms with van der Waals surface area (Å²) in [6, 6.07) is 9.54. The van der Waals surface area contributed by atoms with Crippen molar-refractivity contribution in [2.45, 2.75) is 23.2 Å². The molecule has 0 bridgehead atoms. The van der Waals surface area contributed by atoms with Gasteiger partial charge in [0.05, 0.1) is 5.25 Å². The number of aromatic amines is 1. The molecule has 0 radical (unpaired) electrons. The van der Waals surface area contributed by atoms with Crippen LogP contribution in [-0.2, 0) is 16.9 Å². The van der Waals surface area contributed by atoms with Gasteiger partial charge in [-0.15, -0.1) is 10.2 Å². The van der Waals surface area contributed by atoms with Crippen molar-refractivity contribution in [1.29, 1.82) is 0 Å². The van der Waals surface area contributed by atoms with Gasteiger partial charge in [-0.25, -0.2) is 8.42 Å². The van der Waals surface area contributed by atoms with Crippen LogP contribution in [-0.4, -0.2) is 57.3 Å². The lowest BCUT2D eigenvalue weighted by Crippen LogP contribution is -2.43. The Balaban J connectivity index is 1.48. The molecule has 0 atom stereocenters. The number of nitrogens with zero attached hydrogens (tertiary/aromatic N) is 4. The van der Waals surface area contributed by atoms with E-state index < -0.39 is 15.1 Å². The number of likely N-dealkylation sites (tertiary alicyclic amines) is 1. The number of carbonyl (C=O) groups is 1. The largest absolute Gasteiger partial charge is 0.351 e. The summed E-state index contributed by atoms with van der Waals surface area (Å²) >= 11 is 0. The zero-order valence-electron chi connectivity index (χ0n) is 14.3. The molecular formula is C17H19N5O3S. The summed E-state index contributed by atoms with van der Waals surface area (Å²) < 4.78 is 26.8. The van der Waals surface area contributed by atoms with Gasteiger partial charge in [0.25, 0.3) is 5.91 Å². The number of fused-ring (bicyclic) bond motifs is 1. The highest BCUT2D eigenvalue weighted by molar-refractivity contribution is 7.91. The third-order valence-corrected chi connectivity index (χ3v) is 7.08. The summed E-state index contributed by atoms with van der Waals surface area (Å²) in [7, 11) is -1.93. The summed E-state index contributed by atoms with van der Waals surface area (Å²) in [5, 5.41) is 7.80. The van der Waals surface area contributed by atoms with E-state index in [9.17, 15) is 13.2 Å². The normalized spacial score (nSPS) is 16.3. The number of sulfone groups is 1. The minimum atomic E-state index is -3.54. The van der Waals surface area contributed by atoms with Crippen LogP contribution >= 0.6 is 0 Å². The van der Waals surface area contributed by atoms with E-state index in [0.29, 0.717) is 31.6 Å². The fourth-order valence-corrected chi connectivity index (χ4v) is 5.15. The number of amides is 1. The number of H-pyrrole nitrogens is 1. The maximum Gasteiger partial charge on any atom is 0.270 e. The Kier molecular flexibility index (Phi) is 4.03. The van der Waals surface area contributed by atoms with Crippen molar-refractivity contribution >= 4 is 26.6 Å². The van der Waals surface area contributed by atoms with Gasteiger partial charge >= 0.3 is 0 Å². The second kappa shape index (κ2) is 6.24. The molecule has 1 N–H and O–H groups in total. The predicted octanol–water partition coefficient (Wildman–Crippen LogP) is 1.37. The number of aromatic nitrogens is 4. The molecule has 1 fully saturated rings. The van der Waals surface area contributed by atoms with Crippen molar-refractivity contribution in [2.24, 2.45) is 7.05 Å². The third-order valence-electron chi connectivity index (χ3n) is 4.85. The van der Waals surface area contributed by atoms with Crippen LogP contribution < -0.4 is 0 Å². The molecule has 3 heterocycles. The number of benzene rings is 1. The fourth-order valence-electron chi connectivity index (χ4n) is 3.41. The number of nitrogens with one attached hydrogen (secondary N) is 1. The number of rotatable bonds is 3. The Hall–Kier alpha value is -2.68. The molecule has 0 aliphatic carbocycles. The van der Waals surface area contributed by atoms with Gasteiger partial charge in [0.2, 0.25) is 15.0 Å². The molecule has 1 saturated heterocycles. The number of piperidine rings is 1. The van der Waals surface area contributed by atoms with Crippen LogP contribution in [0.3, 0.4) is 0 Å². The first-order valence-electron chi connectivity index (χ1n) is 8.42. The molecule has 0 saturated carbocycles. The lowest BCUT2D eigenvalue weighted by atomic mass is 10.1. The van der Waals surface area contributed by atoms with E-state index in [2.05, 4.69) is 15.2 Å². The topological polar surface area (TPSA) is 101 Å². The first-order chi connectivity index (χ1) is 12.5. The third kappa shape index (κ3) is 2.78. The van der Waals surface area contributed by atoms with E-state index >= 15 is 0 Å². The minimum absolute atomic E-state index is 0.0158. The second-order valence-electron chi connectivity index (χ2n) is 6.53. The summed E-state index contributed by atoms with van der Waals surface area (Å²) in [4.78, 5) is 17.6. The Morgan fingerprint density at radius 1 is 1.23 bits per heavy atom. The molecule has 1 aromatic carbocycles. The van der Waals surface area contributed by atoms with Gasteiger partial charge in [0.1, 0.15) is 12.0 Å². The summed E-state index contributed by atoms with van der Waals surface area (Å²) in [5.41, 5.74) is 1.44. The highest BCUT2D eigenvalue weighted by Gasteiger charge is 2.35. The Bertz CT molecular complexity index is 1030. The van der Waals surface area contributed by atoms with E-state index in [1.54, 1.807) is 11.9 Å². The van der Waals surface area contributed by atoms with Crippen LogP contribution in [0.1, 0.15) is 23.3 Å². The lowest BCUT2D eigenvalue weighted by molar-refractivity contribution is 0.0720. The molecule has 8 nitrogen and oxygen atoms in total. The first-order valence-corrected chi connectivity index (χ1v) is 9.96. The van der Waals surface area contributed by atoms with E-state index in [0.717, 1.165) is 10.9 Å².